The molecule has 1 aliphatic heterocycles. The molecule has 0 atom stereocenters. The molecule has 1 aliphatic rings. The quantitative estimate of drug-likeness (QED) is 0.815. The Balaban J connectivity index is 1.93. The largest absolute Gasteiger partial charge is 0.481 e. The van der Waals surface area contributed by atoms with Crippen LogP contribution in [-0.2, 0) is 14.4 Å². The number of carboxylic acids is 1. The summed E-state index contributed by atoms with van der Waals surface area (Å²) in [5, 5.41) is 8.65. The van der Waals surface area contributed by atoms with Gasteiger partial charge in [-0.1, -0.05) is 13.0 Å². The van der Waals surface area contributed by atoms with E-state index in [1.807, 2.05) is 25.1 Å². The number of hydrogen-bond donors (Lipinski definition) is 1. The third-order valence-corrected chi connectivity index (χ3v) is 4.43. The maximum atomic E-state index is 12.4. The number of pyridine rings is 1. The average molecular weight is 347 g/mol. The molecule has 0 bridgehead atoms. The fraction of sp³-hybridized carbons (Fsp3) is 0.556. The van der Waals surface area contributed by atoms with Crippen LogP contribution in [0, 0.1) is 0 Å². The minimum absolute atomic E-state index is 0.00842. The van der Waals surface area contributed by atoms with E-state index in [4.69, 9.17) is 5.11 Å². The molecule has 1 aromatic rings. The standard InChI is InChI=1S/C18H25N3O4/c1-2-16(22)21(15-6-3-4-11-19-15)14-9-12-20(13-10-14)17(23)7-5-8-18(24)25/h3-4,6,11,14H,2,5,7-10,12-13H2,1H3,(H,24,25). The van der Waals surface area contributed by atoms with Crippen LogP contribution in [0.15, 0.2) is 24.4 Å². The predicted molar refractivity (Wildman–Crippen MR) is 93.1 cm³/mol. The van der Waals surface area contributed by atoms with Crippen LogP contribution in [-0.4, -0.2) is 51.9 Å². The number of hydrogen-bond acceptors (Lipinski definition) is 4. The van der Waals surface area contributed by atoms with E-state index in [1.54, 1.807) is 16.0 Å². The topological polar surface area (TPSA) is 90.8 Å². The zero-order valence-corrected chi connectivity index (χ0v) is 14.6. The van der Waals surface area contributed by atoms with Crippen LogP contribution in [0.4, 0.5) is 5.82 Å². The number of carboxylic acid groups (broad SMARTS) is 1. The summed E-state index contributed by atoms with van der Waals surface area (Å²) in [4.78, 5) is 42.9. The van der Waals surface area contributed by atoms with Crippen molar-refractivity contribution in [2.45, 2.75) is 51.5 Å². The van der Waals surface area contributed by atoms with Crippen molar-refractivity contribution < 1.29 is 19.5 Å². The van der Waals surface area contributed by atoms with Crippen molar-refractivity contribution >= 4 is 23.6 Å². The van der Waals surface area contributed by atoms with Gasteiger partial charge in [-0.15, -0.1) is 0 Å². The lowest BCUT2D eigenvalue weighted by Gasteiger charge is -2.38. The molecule has 0 spiro atoms. The van der Waals surface area contributed by atoms with E-state index < -0.39 is 5.97 Å². The van der Waals surface area contributed by atoms with E-state index in [0.717, 1.165) is 0 Å². The Morgan fingerprint density at radius 3 is 2.52 bits per heavy atom. The number of amides is 2. The fourth-order valence-electron chi connectivity index (χ4n) is 3.11. The lowest BCUT2D eigenvalue weighted by atomic mass is 10.0. The molecule has 2 heterocycles. The SMILES string of the molecule is CCC(=O)N(c1ccccn1)C1CCN(C(=O)CCCC(=O)O)CC1. The lowest BCUT2D eigenvalue weighted by molar-refractivity contribution is -0.137. The molecule has 7 heteroatoms. The van der Waals surface area contributed by atoms with Crippen LogP contribution >= 0.6 is 0 Å². The fourth-order valence-corrected chi connectivity index (χ4v) is 3.11. The zero-order chi connectivity index (χ0) is 18.2. The second-order valence-corrected chi connectivity index (χ2v) is 6.16. The van der Waals surface area contributed by atoms with Gasteiger partial charge in [-0.05, 0) is 31.4 Å². The van der Waals surface area contributed by atoms with Crippen molar-refractivity contribution in [1.82, 2.24) is 9.88 Å². The number of aromatic nitrogens is 1. The Labute approximate surface area is 147 Å². The Morgan fingerprint density at radius 2 is 1.96 bits per heavy atom. The molecule has 1 fully saturated rings. The highest BCUT2D eigenvalue weighted by atomic mass is 16.4. The summed E-state index contributed by atoms with van der Waals surface area (Å²) in [7, 11) is 0. The zero-order valence-electron chi connectivity index (χ0n) is 14.6. The summed E-state index contributed by atoms with van der Waals surface area (Å²) >= 11 is 0. The van der Waals surface area contributed by atoms with Crippen molar-refractivity contribution in [3.8, 4) is 0 Å². The first-order chi connectivity index (χ1) is 12.0. The van der Waals surface area contributed by atoms with Gasteiger partial charge in [0.2, 0.25) is 11.8 Å². The third kappa shape index (κ3) is 5.27. The summed E-state index contributed by atoms with van der Waals surface area (Å²) in [5.74, 6) is -0.202. The van der Waals surface area contributed by atoms with E-state index in [-0.39, 0.29) is 30.7 Å². The Morgan fingerprint density at radius 1 is 1.24 bits per heavy atom. The molecule has 2 rings (SSSR count). The molecular formula is C18H25N3O4. The Hall–Kier alpha value is -2.44. The van der Waals surface area contributed by atoms with Gasteiger partial charge < -0.3 is 10.0 Å². The van der Waals surface area contributed by atoms with Gasteiger partial charge >= 0.3 is 5.97 Å². The second-order valence-electron chi connectivity index (χ2n) is 6.16. The van der Waals surface area contributed by atoms with Crippen molar-refractivity contribution in [2.75, 3.05) is 18.0 Å². The molecule has 1 saturated heterocycles. The summed E-state index contributed by atoms with van der Waals surface area (Å²) < 4.78 is 0. The lowest BCUT2D eigenvalue weighted by Crippen LogP contribution is -2.49. The first kappa shape index (κ1) is 18.9. The van der Waals surface area contributed by atoms with Crippen molar-refractivity contribution in [2.24, 2.45) is 0 Å². The molecule has 1 aromatic heterocycles. The van der Waals surface area contributed by atoms with Gasteiger partial charge in [0.25, 0.3) is 0 Å². The van der Waals surface area contributed by atoms with E-state index in [1.165, 1.54) is 0 Å². The van der Waals surface area contributed by atoms with E-state index in [9.17, 15) is 14.4 Å². The number of carbonyl (C=O) groups is 3. The van der Waals surface area contributed by atoms with Gasteiger partial charge in [-0.2, -0.15) is 0 Å². The molecule has 0 unspecified atom stereocenters. The number of anilines is 1. The molecule has 25 heavy (non-hydrogen) atoms. The van der Waals surface area contributed by atoms with Crippen molar-refractivity contribution in [1.29, 1.82) is 0 Å². The maximum Gasteiger partial charge on any atom is 0.303 e. The minimum Gasteiger partial charge on any atom is -0.481 e. The number of carbonyl (C=O) groups excluding carboxylic acids is 2. The summed E-state index contributed by atoms with van der Waals surface area (Å²) in [5.41, 5.74) is 0. The normalized spacial score (nSPS) is 15.0. The molecule has 2 amide bonds. The minimum atomic E-state index is -0.879. The van der Waals surface area contributed by atoms with E-state index in [0.29, 0.717) is 44.6 Å². The second kappa shape index (κ2) is 9.15. The highest BCUT2D eigenvalue weighted by molar-refractivity contribution is 5.92. The molecule has 0 radical (unpaired) electrons. The molecule has 0 aliphatic carbocycles. The van der Waals surface area contributed by atoms with Crippen LogP contribution in [0.5, 0.6) is 0 Å². The Bertz CT molecular complexity index is 598. The molecule has 1 N–H and O–H groups in total. The first-order valence-corrected chi connectivity index (χ1v) is 8.75. The summed E-state index contributed by atoms with van der Waals surface area (Å²) in [6.45, 7) is 2.99. The number of aliphatic carboxylic acids is 1. The highest BCUT2D eigenvalue weighted by Crippen LogP contribution is 2.23. The van der Waals surface area contributed by atoms with Gasteiger partial charge in [0, 0.05) is 44.6 Å². The van der Waals surface area contributed by atoms with Gasteiger partial charge in [0.15, 0.2) is 0 Å². The summed E-state index contributed by atoms with van der Waals surface area (Å²) in [6.07, 6.45) is 4.12. The number of likely N-dealkylation sites (tertiary alicyclic amines) is 1. The predicted octanol–water partition coefficient (Wildman–Crippen LogP) is 2.07. The molecule has 0 saturated carbocycles. The van der Waals surface area contributed by atoms with E-state index >= 15 is 0 Å². The van der Waals surface area contributed by atoms with Crippen molar-refractivity contribution in [3.05, 3.63) is 24.4 Å². The molecule has 0 aromatic carbocycles. The van der Waals surface area contributed by atoms with Gasteiger partial charge in [-0.3, -0.25) is 19.3 Å². The van der Waals surface area contributed by atoms with Gasteiger partial charge in [0.05, 0.1) is 0 Å². The van der Waals surface area contributed by atoms with Crippen LogP contribution in [0.2, 0.25) is 0 Å². The van der Waals surface area contributed by atoms with Gasteiger partial charge in [0.1, 0.15) is 5.82 Å². The number of rotatable bonds is 7. The van der Waals surface area contributed by atoms with Crippen LogP contribution in [0.25, 0.3) is 0 Å². The van der Waals surface area contributed by atoms with Gasteiger partial charge in [-0.25, -0.2) is 4.98 Å². The molecule has 136 valence electrons. The monoisotopic (exact) mass is 347 g/mol. The average Bonchev–Trinajstić information content (AvgIpc) is 2.63. The first-order valence-electron chi connectivity index (χ1n) is 8.75. The molecular weight excluding hydrogens is 322 g/mol. The number of nitrogens with zero attached hydrogens (tertiary/aromatic N) is 3. The number of piperidine rings is 1. The maximum absolute atomic E-state index is 12.4. The third-order valence-electron chi connectivity index (χ3n) is 4.43. The van der Waals surface area contributed by atoms with Crippen molar-refractivity contribution in [3.63, 3.8) is 0 Å². The van der Waals surface area contributed by atoms with Crippen LogP contribution in [0.3, 0.4) is 0 Å². The Kier molecular flexibility index (Phi) is 6.91. The highest BCUT2D eigenvalue weighted by Gasteiger charge is 2.30. The van der Waals surface area contributed by atoms with Crippen LogP contribution < -0.4 is 4.90 Å². The summed E-state index contributed by atoms with van der Waals surface area (Å²) in [6, 6.07) is 5.54. The van der Waals surface area contributed by atoms with Crippen LogP contribution in [0.1, 0.15) is 45.4 Å². The smallest absolute Gasteiger partial charge is 0.303 e. The van der Waals surface area contributed by atoms with E-state index in [2.05, 4.69) is 4.98 Å². The molecule has 7 nitrogen and oxygen atoms in total.